The molecule has 0 saturated carbocycles. The summed E-state index contributed by atoms with van der Waals surface area (Å²) in [6.07, 6.45) is -0.192. The number of alkyl halides is 3. The topological polar surface area (TPSA) is 58.4 Å². The maximum Gasteiger partial charge on any atom is 0.420 e. The van der Waals surface area contributed by atoms with Gasteiger partial charge >= 0.3 is 6.18 Å². The van der Waals surface area contributed by atoms with E-state index in [1.54, 1.807) is 6.92 Å². The number of anilines is 1. The molecule has 10 heteroatoms. The minimum atomic E-state index is -4.65. The van der Waals surface area contributed by atoms with Crippen molar-refractivity contribution in [1.29, 1.82) is 0 Å². The standard InChI is InChI=1S/C20H20F4N4OS/c1-10-5-12(3-4-25-10)16-7-15(21)17(30-16)19(29)27-13-6-14(20(22,23)24)18-26-11(2)8-28(18)9-13/h6-10,12,25H,3-5H2,1-2H3,(H,27,29)/t10-,12-/m0/s1. The molecule has 3 aromatic heterocycles. The van der Waals surface area contributed by atoms with E-state index in [1.165, 1.54) is 22.9 Å². The molecule has 0 aromatic carbocycles. The summed E-state index contributed by atoms with van der Waals surface area (Å²) in [5.74, 6) is -1.27. The van der Waals surface area contributed by atoms with E-state index in [0.29, 0.717) is 11.7 Å². The highest BCUT2D eigenvalue weighted by Gasteiger charge is 2.35. The third kappa shape index (κ3) is 4.06. The van der Waals surface area contributed by atoms with Crippen LogP contribution in [0.15, 0.2) is 24.5 Å². The number of rotatable bonds is 3. The van der Waals surface area contributed by atoms with Gasteiger partial charge in [0.25, 0.3) is 5.91 Å². The van der Waals surface area contributed by atoms with Gasteiger partial charge in [-0.05, 0) is 51.3 Å². The van der Waals surface area contributed by atoms with Gasteiger partial charge < -0.3 is 15.0 Å². The number of hydrogen-bond acceptors (Lipinski definition) is 4. The van der Waals surface area contributed by atoms with E-state index in [4.69, 9.17) is 0 Å². The number of carbonyl (C=O) groups is 1. The number of piperidine rings is 1. The average molecular weight is 440 g/mol. The number of carbonyl (C=O) groups excluding carboxylic acids is 1. The van der Waals surface area contributed by atoms with Crippen LogP contribution < -0.4 is 10.6 Å². The minimum Gasteiger partial charge on any atom is -0.320 e. The molecule has 1 saturated heterocycles. The molecule has 160 valence electrons. The fourth-order valence-corrected chi connectivity index (χ4v) is 4.90. The van der Waals surface area contributed by atoms with E-state index in [0.717, 1.165) is 41.7 Å². The van der Waals surface area contributed by atoms with Crippen molar-refractivity contribution in [1.82, 2.24) is 14.7 Å². The van der Waals surface area contributed by atoms with Crippen LogP contribution in [0.5, 0.6) is 0 Å². The molecule has 4 heterocycles. The predicted octanol–water partition coefficient (Wildman–Crippen LogP) is 4.97. The smallest absolute Gasteiger partial charge is 0.320 e. The maximum atomic E-state index is 14.5. The molecule has 0 spiro atoms. The maximum absolute atomic E-state index is 14.5. The monoisotopic (exact) mass is 440 g/mol. The number of nitrogens with zero attached hydrogens (tertiary/aromatic N) is 2. The fraction of sp³-hybridized carbons (Fsp3) is 0.400. The van der Waals surface area contributed by atoms with Gasteiger partial charge in [-0.3, -0.25) is 4.79 Å². The van der Waals surface area contributed by atoms with Crippen LogP contribution in [0.25, 0.3) is 5.65 Å². The van der Waals surface area contributed by atoms with Gasteiger partial charge in [-0.15, -0.1) is 11.3 Å². The van der Waals surface area contributed by atoms with Crippen LogP contribution in [-0.2, 0) is 6.18 Å². The quantitative estimate of drug-likeness (QED) is 0.566. The van der Waals surface area contributed by atoms with Gasteiger partial charge in [0.2, 0.25) is 0 Å². The molecule has 0 radical (unpaired) electrons. The van der Waals surface area contributed by atoms with Crippen LogP contribution in [-0.4, -0.2) is 27.9 Å². The summed E-state index contributed by atoms with van der Waals surface area (Å²) in [4.78, 5) is 17.2. The Kier molecular flexibility index (Phi) is 5.31. The Morgan fingerprint density at radius 2 is 2.10 bits per heavy atom. The third-order valence-corrected chi connectivity index (χ3v) is 6.44. The number of aromatic nitrogens is 2. The second-order valence-corrected chi connectivity index (χ2v) is 8.69. The van der Waals surface area contributed by atoms with Crippen molar-refractivity contribution < 1.29 is 22.4 Å². The van der Waals surface area contributed by atoms with E-state index in [9.17, 15) is 22.4 Å². The zero-order valence-corrected chi connectivity index (χ0v) is 17.1. The first-order valence-electron chi connectivity index (χ1n) is 9.52. The summed E-state index contributed by atoms with van der Waals surface area (Å²) in [6, 6.07) is 2.49. The molecule has 1 aliphatic heterocycles. The average Bonchev–Trinajstić information content (AvgIpc) is 3.22. The summed E-state index contributed by atoms with van der Waals surface area (Å²) in [7, 11) is 0. The summed E-state index contributed by atoms with van der Waals surface area (Å²) < 4.78 is 56.0. The number of hydrogen-bond donors (Lipinski definition) is 2. The minimum absolute atomic E-state index is 0.0814. The number of fused-ring (bicyclic) bond motifs is 1. The second kappa shape index (κ2) is 7.66. The first-order valence-corrected chi connectivity index (χ1v) is 10.3. The largest absolute Gasteiger partial charge is 0.420 e. The van der Waals surface area contributed by atoms with E-state index < -0.39 is 23.5 Å². The van der Waals surface area contributed by atoms with Gasteiger partial charge in [-0.25, -0.2) is 9.37 Å². The molecule has 5 nitrogen and oxygen atoms in total. The number of nitrogens with one attached hydrogen (secondary N) is 2. The van der Waals surface area contributed by atoms with Gasteiger partial charge in [0, 0.05) is 23.3 Å². The summed E-state index contributed by atoms with van der Waals surface area (Å²) >= 11 is 1.06. The Hall–Kier alpha value is -2.46. The normalized spacial score (nSPS) is 19.9. The molecular weight excluding hydrogens is 420 g/mol. The first kappa shape index (κ1) is 20.8. The molecule has 30 heavy (non-hydrogen) atoms. The number of pyridine rings is 1. The molecule has 1 amide bonds. The lowest BCUT2D eigenvalue weighted by molar-refractivity contribution is -0.136. The summed E-state index contributed by atoms with van der Waals surface area (Å²) in [6.45, 7) is 4.45. The molecule has 0 unspecified atom stereocenters. The Morgan fingerprint density at radius 1 is 1.33 bits per heavy atom. The SMILES string of the molecule is Cc1cn2cc(NC(=O)c3sc([C@H]4CCN[C@@H](C)C4)cc3F)cc(C(F)(F)F)c2n1. The number of amides is 1. The van der Waals surface area contributed by atoms with E-state index >= 15 is 0 Å². The summed E-state index contributed by atoms with van der Waals surface area (Å²) in [5.41, 5.74) is -0.886. The van der Waals surface area contributed by atoms with Crippen LogP contribution in [0.3, 0.4) is 0 Å². The first-order chi connectivity index (χ1) is 14.1. The Balaban J connectivity index is 1.62. The molecule has 0 aliphatic carbocycles. The highest BCUT2D eigenvalue weighted by molar-refractivity contribution is 7.14. The molecule has 1 fully saturated rings. The Labute approximate surface area is 174 Å². The number of aryl methyl sites for hydroxylation is 1. The van der Waals surface area contributed by atoms with Crippen molar-refractivity contribution >= 4 is 28.6 Å². The van der Waals surface area contributed by atoms with Gasteiger partial charge in [-0.2, -0.15) is 13.2 Å². The van der Waals surface area contributed by atoms with E-state index in [1.807, 2.05) is 0 Å². The Morgan fingerprint density at radius 3 is 2.80 bits per heavy atom. The lowest BCUT2D eigenvalue weighted by Gasteiger charge is -2.27. The molecule has 2 atom stereocenters. The zero-order chi connectivity index (χ0) is 21.6. The van der Waals surface area contributed by atoms with E-state index in [-0.39, 0.29) is 22.1 Å². The van der Waals surface area contributed by atoms with Gasteiger partial charge in [0.05, 0.1) is 11.4 Å². The van der Waals surface area contributed by atoms with Crippen LogP contribution in [0.2, 0.25) is 0 Å². The third-order valence-electron chi connectivity index (χ3n) is 5.17. The van der Waals surface area contributed by atoms with Gasteiger partial charge in [-0.1, -0.05) is 0 Å². The fourth-order valence-electron chi connectivity index (χ4n) is 3.82. The van der Waals surface area contributed by atoms with E-state index in [2.05, 4.69) is 22.5 Å². The number of imidazole rings is 1. The van der Waals surface area contributed by atoms with Crippen molar-refractivity contribution in [2.24, 2.45) is 0 Å². The Bertz CT molecular complexity index is 1100. The second-order valence-electron chi connectivity index (χ2n) is 7.61. The van der Waals surface area contributed by atoms with Crippen molar-refractivity contribution in [3.8, 4) is 0 Å². The predicted molar refractivity (Wildman–Crippen MR) is 107 cm³/mol. The van der Waals surface area contributed by atoms with Crippen LogP contribution in [0.1, 0.15) is 51.5 Å². The molecule has 1 aliphatic rings. The lowest BCUT2D eigenvalue weighted by atomic mass is 9.92. The molecule has 3 aromatic rings. The highest BCUT2D eigenvalue weighted by atomic mass is 32.1. The van der Waals surface area contributed by atoms with Gasteiger partial charge in [0.1, 0.15) is 21.9 Å². The van der Waals surface area contributed by atoms with Crippen molar-refractivity contribution in [2.75, 3.05) is 11.9 Å². The molecular formula is C20H20F4N4OS. The molecule has 2 N–H and O–H groups in total. The van der Waals surface area contributed by atoms with Crippen molar-refractivity contribution in [3.63, 3.8) is 0 Å². The number of thiophene rings is 1. The number of halogens is 4. The van der Waals surface area contributed by atoms with Crippen LogP contribution in [0, 0.1) is 12.7 Å². The molecule has 4 rings (SSSR count). The van der Waals surface area contributed by atoms with Crippen molar-refractivity contribution in [2.45, 2.75) is 44.8 Å². The van der Waals surface area contributed by atoms with Crippen LogP contribution in [0.4, 0.5) is 23.2 Å². The molecule has 0 bridgehead atoms. The zero-order valence-electron chi connectivity index (χ0n) is 16.3. The lowest BCUT2D eigenvalue weighted by Crippen LogP contribution is -2.34. The summed E-state index contributed by atoms with van der Waals surface area (Å²) in [5, 5.41) is 5.73. The van der Waals surface area contributed by atoms with Gasteiger partial charge in [0.15, 0.2) is 0 Å². The van der Waals surface area contributed by atoms with Crippen molar-refractivity contribution in [3.05, 3.63) is 51.4 Å². The highest BCUT2D eigenvalue weighted by Crippen LogP contribution is 2.36. The van der Waals surface area contributed by atoms with Crippen LogP contribution >= 0.6 is 11.3 Å².